The fourth-order valence-corrected chi connectivity index (χ4v) is 5.01. The molecule has 0 saturated heterocycles. The molecule has 0 fully saturated rings. The SMILES string of the molecule is COc1cccc([C@H]2Nc3ccccc3SC3=C2C(=O)N(c2ccc(Cl)cc2)C3=O)c1. The van der Waals surface area contributed by atoms with Crippen LogP contribution >= 0.6 is 23.4 Å². The highest BCUT2D eigenvalue weighted by atomic mass is 35.5. The number of hydrogen-bond donors (Lipinski definition) is 1. The quantitative estimate of drug-likeness (QED) is 0.541. The van der Waals surface area contributed by atoms with Gasteiger partial charge in [-0.05, 0) is 54.1 Å². The largest absolute Gasteiger partial charge is 0.497 e. The van der Waals surface area contributed by atoms with Crippen LogP contribution in [0.15, 0.2) is 88.2 Å². The molecule has 1 N–H and O–H groups in total. The third-order valence-electron chi connectivity index (χ3n) is 5.28. The lowest BCUT2D eigenvalue weighted by Crippen LogP contribution is -2.33. The van der Waals surface area contributed by atoms with Gasteiger partial charge in [-0.25, -0.2) is 4.90 Å². The van der Waals surface area contributed by atoms with Crippen molar-refractivity contribution in [2.45, 2.75) is 10.9 Å². The third kappa shape index (κ3) is 3.38. The molecule has 5 rings (SSSR count). The molecule has 0 spiro atoms. The smallest absolute Gasteiger partial charge is 0.272 e. The second kappa shape index (κ2) is 7.80. The number of anilines is 2. The number of imide groups is 1. The molecule has 2 aliphatic rings. The minimum Gasteiger partial charge on any atom is -0.497 e. The summed E-state index contributed by atoms with van der Waals surface area (Å²) in [6.45, 7) is 0. The minimum absolute atomic E-state index is 0.335. The second-order valence-corrected chi connectivity index (χ2v) is 8.61. The van der Waals surface area contributed by atoms with E-state index in [1.165, 1.54) is 16.7 Å². The zero-order chi connectivity index (χ0) is 21.5. The summed E-state index contributed by atoms with van der Waals surface area (Å²) >= 11 is 7.32. The predicted octanol–water partition coefficient (Wildman–Crippen LogP) is 5.44. The van der Waals surface area contributed by atoms with E-state index in [-0.39, 0.29) is 11.8 Å². The van der Waals surface area contributed by atoms with Crippen LogP contribution in [0.2, 0.25) is 5.02 Å². The van der Waals surface area contributed by atoms with Gasteiger partial charge in [-0.3, -0.25) is 9.59 Å². The van der Waals surface area contributed by atoms with Crippen LogP contribution in [0.5, 0.6) is 5.75 Å². The van der Waals surface area contributed by atoms with Gasteiger partial charge in [0.2, 0.25) is 0 Å². The summed E-state index contributed by atoms with van der Waals surface area (Å²) in [5.74, 6) is -0.000338. The first kappa shape index (κ1) is 19.7. The molecule has 0 aliphatic carbocycles. The second-order valence-electron chi connectivity index (χ2n) is 7.12. The van der Waals surface area contributed by atoms with Crippen molar-refractivity contribution in [3.63, 3.8) is 0 Å². The van der Waals surface area contributed by atoms with Crippen molar-refractivity contribution < 1.29 is 14.3 Å². The number of nitrogens with one attached hydrogen (secondary N) is 1. The van der Waals surface area contributed by atoms with Crippen molar-refractivity contribution in [2.75, 3.05) is 17.3 Å². The molecule has 0 saturated carbocycles. The maximum absolute atomic E-state index is 13.6. The lowest BCUT2D eigenvalue weighted by Gasteiger charge is -2.23. The Kier molecular flexibility index (Phi) is 4.96. The van der Waals surface area contributed by atoms with Gasteiger partial charge in [0.15, 0.2) is 0 Å². The number of amides is 2. The number of carbonyl (C=O) groups excluding carboxylic acids is 2. The molecule has 31 heavy (non-hydrogen) atoms. The summed E-state index contributed by atoms with van der Waals surface area (Å²) in [6.07, 6.45) is 0. The van der Waals surface area contributed by atoms with Crippen LogP contribution in [-0.2, 0) is 9.59 Å². The van der Waals surface area contributed by atoms with Crippen molar-refractivity contribution >= 4 is 46.6 Å². The zero-order valence-electron chi connectivity index (χ0n) is 16.5. The lowest BCUT2D eigenvalue weighted by molar-refractivity contribution is -0.120. The minimum atomic E-state index is -0.505. The van der Waals surface area contributed by atoms with Gasteiger partial charge < -0.3 is 10.1 Å². The van der Waals surface area contributed by atoms with Crippen molar-refractivity contribution in [1.82, 2.24) is 0 Å². The Labute approximate surface area is 188 Å². The van der Waals surface area contributed by atoms with Gasteiger partial charge >= 0.3 is 0 Å². The van der Waals surface area contributed by atoms with Gasteiger partial charge in [0, 0.05) is 15.6 Å². The molecule has 0 radical (unpaired) electrons. The molecule has 3 aromatic carbocycles. The molecule has 3 aromatic rings. The van der Waals surface area contributed by atoms with E-state index in [0.717, 1.165) is 16.1 Å². The van der Waals surface area contributed by atoms with E-state index < -0.39 is 6.04 Å². The van der Waals surface area contributed by atoms with Gasteiger partial charge in [0.25, 0.3) is 11.8 Å². The Morgan fingerprint density at radius 1 is 0.968 bits per heavy atom. The van der Waals surface area contributed by atoms with Gasteiger partial charge in [-0.15, -0.1) is 0 Å². The number of ether oxygens (including phenoxy) is 1. The van der Waals surface area contributed by atoms with Crippen molar-refractivity contribution in [1.29, 1.82) is 0 Å². The fourth-order valence-electron chi connectivity index (χ4n) is 3.79. The van der Waals surface area contributed by atoms with E-state index in [0.29, 0.717) is 26.9 Å². The number of methoxy groups -OCH3 is 1. The number of thioether (sulfide) groups is 1. The zero-order valence-corrected chi connectivity index (χ0v) is 18.0. The Hall–Kier alpha value is -3.22. The van der Waals surface area contributed by atoms with E-state index >= 15 is 0 Å². The Morgan fingerprint density at radius 3 is 2.52 bits per heavy atom. The van der Waals surface area contributed by atoms with Crippen molar-refractivity contribution in [3.05, 3.63) is 93.9 Å². The number of nitrogens with zero attached hydrogens (tertiary/aromatic N) is 1. The number of carbonyl (C=O) groups is 2. The van der Waals surface area contributed by atoms with E-state index in [2.05, 4.69) is 5.32 Å². The normalized spacial score (nSPS) is 17.7. The molecule has 7 heteroatoms. The van der Waals surface area contributed by atoms with Crippen LogP contribution in [-0.4, -0.2) is 18.9 Å². The third-order valence-corrected chi connectivity index (χ3v) is 6.70. The molecule has 2 aliphatic heterocycles. The van der Waals surface area contributed by atoms with Crippen LogP contribution < -0.4 is 15.0 Å². The average molecular weight is 449 g/mol. The first-order valence-electron chi connectivity index (χ1n) is 9.62. The predicted molar refractivity (Wildman–Crippen MR) is 123 cm³/mol. The summed E-state index contributed by atoms with van der Waals surface area (Å²) in [5, 5.41) is 4.01. The van der Waals surface area contributed by atoms with Gasteiger partial charge in [0.1, 0.15) is 5.75 Å². The molecular weight excluding hydrogens is 432 g/mol. The van der Waals surface area contributed by atoms with Gasteiger partial charge in [0.05, 0.1) is 29.3 Å². The molecule has 1 atom stereocenters. The number of rotatable bonds is 3. The van der Waals surface area contributed by atoms with E-state index in [1.807, 2.05) is 48.5 Å². The van der Waals surface area contributed by atoms with Gasteiger partial charge in [-0.1, -0.05) is 47.6 Å². The standard InChI is InChI=1S/C24H17ClN2O3S/c1-30-17-6-4-5-14(13-17)21-20-22(31-19-8-3-2-7-18(19)26-21)24(29)27(23(20)28)16-11-9-15(25)10-12-16/h2-13,21,26H,1H3/t21-/m1/s1. The average Bonchev–Trinajstić information content (AvgIpc) is 2.94. The summed E-state index contributed by atoms with van der Waals surface area (Å²) < 4.78 is 5.38. The van der Waals surface area contributed by atoms with E-state index in [1.54, 1.807) is 31.4 Å². The Morgan fingerprint density at radius 2 is 1.74 bits per heavy atom. The van der Waals surface area contributed by atoms with Crippen LogP contribution in [0.3, 0.4) is 0 Å². The van der Waals surface area contributed by atoms with Gasteiger partial charge in [-0.2, -0.15) is 0 Å². The summed E-state index contributed by atoms with van der Waals surface area (Å²) in [5.41, 5.74) is 2.62. The summed E-state index contributed by atoms with van der Waals surface area (Å²) in [6, 6.07) is 21.4. The van der Waals surface area contributed by atoms with Crippen LogP contribution in [0.1, 0.15) is 11.6 Å². The molecule has 0 aromatic heterocycles. The molecule has 154 valence electrons. The number of halogens is 1. The number of benzene rings is 3. The highest BCUT2D eigenvalue weighted by Gasteiger charge is 2.45. The topological polar surface area (TPSA) is 58.6 Å². The first-order valence-corrected chi connectivity index (χ1v) is 10.8. The molecular formula is C24H17ClN2O3S. The lowest BCUT2D eigenvalue weighted by atomic mass is 9.97. The number of hydrogen-bond acceptors (Lipinski definition) is 5. The first-order chi connectivity index (χ1) is 15.1. The maximum atomic E-state index is 13.6. The molecule has 0 unspecified atom stereocenters. The van der Waals surface area contributed by atoms with E-state index in [9.17, 15) is 9.59 Å². The van der Waals surface area contributed by atoms with Crippen LogP contribution in [0.4, 0.5) is 11.4 Å². The monoisotopic (exact) mass is 448 g/mol. The molecule has 5 nitrogen and oxygen atoms in total. The highest BCUT2D eigenvalue weighted by molar-refractivity contribution is 8.04. The summed E-state index contributed by atoms with van der Waals surface area (Å²) in [7, 11) is 1.60. The van der Waals surface area contributed by atoms with Crippen molar-refractivity contribution in [2.24, 2.45) is 0 Å². The Balaban J connectivity index is 1.66. The highest BCUT2D eigenvalue weighted by Crippen LogP contribution is 2.48. The van der Waals surface area contributed by atoms with Crippen molar-refractivity contribution in [3.8, 4) is 5.75 Å². The molecule has 2 heterocycles. The maximum Gasteiger partial charge on any atom is 0.272 e. The van der Waals surface area contributed by atoms with E-state index in [4.69, 9.17) is 16.3 Å². The summed E-state index contributed by atoms with van der Waals surface area (Å²) in [4.78, 5) is 29.6. The van der Waals surface area contributed by atoms with Crippen LogP contribution in [0, 0.1) is 0 Å². The van der Waals surface area contributed by atoms with Crippen LogP contribution in [0.25, 0.3) is 0 Å². The number of fused-ring (bicyclic) bond motifs is 1. The molecule has 2 amide bonds. The Bertz CT molecular complexity index is 1240. The molecule has 0 bridgehead atoms. The number of para-hydroxylation sites is 1. The fraction of sp³-hybridized carbons (Fsp3) is 0.0833.